The molecule has 0 atom stereocenters. The number of benzene rings is 1. The quantitative estimate of drug-likeness (QED) is 0.424. The fraction of sp³-hybridized carbons (Fsp3) is 0.417. The second-order valence-electron chi connectivity index (χ2n) is 8.14. The van der Waals surface area contributed by atoms with E-state index < -0.39 is 12.7 Å². The average Bonchev–Trinajstić information content (AvgIpc) is 3.43. The summed E-state index contributed by atoms with van der Waals surface area (Å²) in [4.78, 5) is 16.4. The van der Waals surface area contributed by atoms with Crippen molar-refractivity contribution in [2.45, 2.75) is 33.0 Å². The standard InChI is InChI=1S/C24H28F3N7OS/c1-3-33(4-2)9-8-29-13-17(12-28)16-5-6-18-19(11-16)35-10-7-20-21(18)32-23(36-20)22-30-15-31-34(22)14-24(25,26)27/h5-6,11-13,15H,3-4,7-10,14,28H2,1-2H3. The van der Waals surface area contributed by atoms with Crippen molar-refractivity contribution in [3.8, 4) is 27.8 Å². The molecule has 0 unspecified atom stereocenters. The minimum Gasteiger partial charge on any atom is -0.492 e. The van der Waals surface area contributed by atoms with Gasteiger partial charge in [-0.05, 0) is 30.8 Å². The highest BCUT2D eigenvalue weighted by atomic mass is 32.1. The van der Waals surface area contributed by atoms with Crippen LogP contribution >= 0.6 is 11.3 Å². The summed E-state index contributed by atoms with van der Waals surface area (Å²) in [5.74, 6) is 0.731. The zero-order valence-electron chi connectivity index (χ0n) is 20.1. The van der Waals surface area contributed by atoms with Crippen LogP contribution in [0.1, 0.15) is 24.3 Å². The smallest absolute Gasteiger partial charge is 0.408 e. The van der Waals surface area contributed by atoms with Gasteiger partial charge in [-0.15, -0.1) is 11.3 Å². The van der Waals surface area contributed by atoms with E-state index in [4.69, 9.17) is 10.5 Å². The Morgan fingerprint density at radius 1 is 1.31 bits per heavy atom. The van der Waals surface area contributed by atoms with Crippen molar-refractivity contribution in [1.29, 1.82) is 0 Å². The maximum Gasteiger partial charge on any atom is 0.408 e. The predicted octanol–water partition coefficient (Wildman–Crippen LogP) is 4.28. The Hall–Kier alpha value is -3.25. The first-order chi connectivity index (χ1) is 17.3. The fourth-order valence-corrected chi connectivity index (χ4v) is 4.99. The van der Waals surface area contributed by atoms with E-state index >= 15 is 0 Å². The number of ether oxygens (including phenoxy) is 1. The molecule has 1 aliphatic heterocycles. The molecule has 4 rings (SSSR count). The molecule has 0 bridgehead atoms. The fourth-order valence-electron chi connectivity index (χ4n) is 3.93. The lowest BCUT2D eigenvalue weighted by Gasteiger charge is -2.16. The molecule has 192 valence electrons. The van der Waals surface area contributed by atoms with Crippen molar-refractivity contribution in [2.75, 3.05) is 32.8 Å². The van der Waals surface area contributed by atoms with Gasteiger partial charge in [0.25, 0.3) is 0 Å². The van der Waals surface area contributed by atoms with E-state index in [2.05, 4.69) is 38.8 Å². The molecule has 0 amide bonds. The second-order valence-corrected chi connectivity index (χ2v) is 9.22. The topological polar surface area (TPSA) is 94.5 Å². The summed E-state index contributed by atoms with van der Waals surface area (Å²) >= 11 is 1.31. The van der Waals surface area contributed by atoms with Crippen molar-refractivity contribution in [1.82, 2.24) is 24.6 Å². The molecule has 1 aromatic carbocycles. The van der Waals surface area contributed by atoms with Crippen molar-refractivity contribution in [3.05, 3.63) is 41.2 Å². The summed E-state index contributed by atoms with van der Waals surface area (Å²) in [5, 5.41) is 4.12. The first-order valence-electron chi connectivity index (χ1n) is 11.7. The van der Waals surface area contributed by atoms with E-state index in [1.54, 1.807) is 6.21 Å². The average molecular weight is 520 g/mol. The van der Waals surface area contributed by atoms with Crippen LogP contribution in [0.15, 0.2) is 35.7 Å². The molecule has 36 heavy (non-hydrogen) atoms. The van der Waals surface area contributed by atoms with Gasteiger partial charge in [0.05, 0.1) is 18.8 Å². The molecule has 0 aliphatic carbocycles. The van der Waals surface area contributed by atoms with Crippen LogP contribution in [-0.2, 0) is 13.0 Å². The molecule has 3 aromatic rings. The van der Waals surface area contributed by atoms with E-state index in [9.17, 15) is 13.2 Å². The minimum absolute atomic E-state index is 0.0961. The van der Waals surface area contributed by atoms with Crippen molar-refractivity contribution >= 4 is 23.1 Å². The molecular weight excluding hydrogens is 491 g/mol. The number of rotatable bonds is 9. The summed E-state index contributed by atoms with van der Waals surface area (Å²) in [6.07, 6.45) is 0.565. The molecule has 3 heterocycles. The van der Waals surface area contributed by atoms with E-state index in [-0.39, 0.29) is 5.82 Å². The van der Waals surface area contributed by atoms with E-state index in [0.29, 0.717) is 36.0 Å². The van der Waals surface area contributed by atoms with Crippen LogP contribution in [0.5, 0.6) is 5.75 Å². The van der Waals surface area contributed by atoms with Crippen LogP contribution in [0.25, 0.3) is 27.7 Å². The first kappa shape index (κ1) is 25.8. The Morgan fingerprint density at radius 3 is 2.83 bits per heavy atom. The first-order valence-corrected chi connectivity index (χ1v) is 12.5. The third-order valence-corrected chi connectivity index (χ3v) is 6.95. The number of aliphatic imine (C=N–C) groups is 1. The SMILES string of the molecule is CCN(CC)CCN=CC(=CN)c1ccc2c(c1)OCCc1sc(-c3ncnn3CC(F)(F)F)nc1-2. The van der Waals surface area contributed by atoms with E-state index in [0.717, 1.165) is 52.2 Å². The normalized spacial score (nSPS) is 14.1. The van der Waals surface area contributed by atoms with Gasteiger partial charge in [0, 0.05) is 41.4 Å². The number of halogens is 3. The monoisotopic (exact) mass is 519 g/mol. The summed E-state index contributed by atoms with van der Waals surface area (Å²) in [5.41, 5.74) is 8.96. The maximum absolute atomic E-state index is 12.9. The molecule has 12 heteroatoms. The number of thiazole rings is 1. The van der Waals surface area contributed by atoms with Gasteiger partial charge < -0.3 is 15.4 Å². The largest absolute Gasteiger partial charge is 0.492 e. The summed E-state index contributed by atoms with van der Waals surface area (Å²) < 4.78 is 45.7. The number of nitrogens with zero attached hydrogens (tertiary/aromatic N) is 6. The lowest BCUT2D eigenvalue weighted by atomic mass is 10.0. The van der Waals surface area contributed by atoms with E-state index in [1.807, 2.05) is 18.2 Å². The Kier molecular flexibility index (Phi) is 8.04. The zero-order chi connectivity index (χ0) is 25.7. The van der Waals surface area contributed by atoms with Gasteiger partial charge in [-0.25, -0.2) is 14.6 Å². The number of fused-ring (bicyclic) bond motifs is 3. The lowest BCUT2D eigenvalue weighted by molar-refractivity contribution is -0.142. The van der Waals surface area contributed by atoms with Gasteiger partial charge in [0.2, 0.25) is 0 Å². The van der Waals surface area contributed by atoms with Crippen LogP contribution in [-0.4, -0.2) is 69.8 Å². The van der Waals surface area contributed by atoms with Gasteiger partial charge in [-0.3, -0.25) is 4.99 Å². The molecule has 1 aliphatic rings. The lowest BCUT2D eigenvalue weighted by Crippen LogP contribution is -2.25. The Bertz CT molecular complexity index is 1240. The number of allylic oxidation sites excluding steroid dienone is 1. The predicted molar refractivity (Wildman–Crippen MR) is 135 cm³/mol. The number of alkyl halides is 3. The van der Waals surface area contributed by atoms with Gasteiger partial charge in [-0.1, -0.05) is 19.9 Å². The molecule has 2 N–H and O–H groups in total. The summed E-state index contributed by atoms with van der Waals surface area (Å²) in [6.45, 7) is 6.95. The Labute approximate surface area is 211 Å². The van der Waals surface area contributed by atoms with Crippen LogP contribution in [0.3, 0.4) is 0 Å². The number of aromatic nitrogens is 4. The van der Waals surface area contributed by atoms with Crippen molar-refractivity contribution in [3.63, 3.8) is 0 Å². The molecule has 2 aromatic heterocycles. The maximum atomic E-state index is 12.9. The van der Waals surface area contributed by atoms with Crippen molar-refractivity contribution < 1.29 is 17.9 Å². The summed E-state index contributed by atoms with van der Waals surface area (Å²) in [6, 6.07) is 5.70. The summed E-state index contributed by atoms with van der Waals surface area (Å²) in [7, 11) is 0. The molecular formula is C24H28F3N7OS. The van der Waals surface area contributed by atoms with Gasteiger partial charge in [-0.2, -0.15) is 18.3 Å². The van der Waals surface area contributed by atoms with Crippen LogP contribution in [0.2, 0.25) is 0 Å². The van der Waals surface area contributed by atoms with Crippen LogP contribution in [0, 0.1) is 0 Å². The highest BCUT2D eigenvalue weighted by Gasteiger charge is 2.31. The third-order valence-electron chi connectivity index (χ3n) is 5.84. The Balaban J connectivity index is 1.58. The highest BCUT2D eigenvalue weighted by Crippen LogP contribution is 2.41. The number of hydrogen-bond acceptors (Lipinski definition) is 8. The van der Waals surface area contributed by atoms with Gasteiger partial charge in [0.15, 0.2) is 10.8 Å². The zero-order valence-corrected chi connectivity index (χ0v) is 20.9. The molecule has 0 saturated heterocycles. The van der Waals surface area contributed by atoms with E-state index in [1.165, 1.54) is 17.5 Å². The second kappa shape index (κ2) is 11.2. The highest BCUT2D eigenvalue weighted by molar-refractivity contribution is 7.15. The van der Waals surface area contributed by atoms with Crippen LogP contribution in [0.4, 0.5) is 13.2 Å². The Morgan fingerprint density at radius 2 is 2.11 bits per heavy atom. The minimum atomic E-state index is -4.41. The van der Waals surface area contributed by atoms with Gasteiger partial charge >= 0.3 is 6.18 Å². The van der Waals surface area contributed by atoms with Crippen molar-refractivity contribution in [2.24, 2.45) is 10.7 Å². The third kappa shape index (κ3) is 5.93. The molecule has 0 radical (unpaired) electrons. The van der Waals surface area contributed by atoms with Gasteiger partial charge in [0.1, 0.15) is 18.6 Å². The molecule has 0 saturated carbocycles. The molecule has 0 spiro atoms. The number of nitrogens with two attached hydrogens (primary N) is 1. The number of hydrogen-bond donors (Lipinski definition) is 1. The molecule has 0 fully saturated rings. The van der Waals surface area contributed by atoms with Crippen LogP contribution < -0.4 is 10.5 Å². The molecule has 8 nitrogen and oxygen atoms in total. The number of likely N-dealkylation sites (N-methyl/N-ethyl adjacent to an activating group) is 1.